The van der Waals surface area contributed by atoms with E-state index in [0.29, 0.717) is 23.1 Å². The number of hydrogen-bond acceptors (Lipinski definition) is 5. The summed E-state index contributed by atoms with van der Waals surface area (Å²) >= 11 is 0. The van der Waals surface area contributed by atoms with Crippen LogP contribution in [-0.2, 0) is 0 Å². The van der Waals surface area contributed by atoms with E-state index in [9.17, 15) is 14.3 Å². The summed E-state index contributed by atoms with van der Waals surface area (Å²) in [4.78, 5) is 22.5. The first-order valence-corrected chi connectivity index (χ1v) is 9.06. The standard InChI is InChI=1S/C20H20FN3O3/c1-24(14-5-3-2-4-6-14)18-17(12-7-9-13(21)10-8-12)22-15-11-16(20(25)26)27-19(15)23-18/h7-11,14H,2-6H2,1H3,(H,25,26). The minimum absolute atomic E-state index is 0.191. The zero-order chi connectivity index (χ0) is 19.0. The van der Waals surface area contributed by atoms with E-state index in [1.165, 1.54) is 37.5 Å². The average molecular weight is 369 g/mol. The molecule has 0 atom stereocenters. The number of anilines is 1. The summed E-state index contributed by atoms with van der Waals surface area (Å²) in [7, 11) is 1.97. The summed E-state index contributed by atoms with van der Waals surface area (Å²) in [5.41, 5.74) is 1.87. The molecular formula is C20H20FN3O3. The third-order valence-corrected chi connectivity index (χ3v) is 5.13. The van der Waals surface area contributed by atoms with Gasteiger partial charge in [0.15, 0.2) is 5.82 Å². The fourth-order valence-corrected chi connectivity index (χ4v) is 3.65. The third-order valence-electron chi connectivity index (χ3n) is 5.13. The Balaban J connectivity index is 1.86. The van der Waals surface area contributed by atoms with Gasteiger partial charge in [0.1, 0.15) is 17.0 Å². The number of rotatable bonds is 4. The minimum Gasteiger partial charge on any atom is -0.475 e. The maximum absolute atomic E-state index is 13.4. The molecule has 0 aliphatic heterocycles. The van der Waals surface area contributed by atoms with Crippen molar-refractivity contribution < 1.29 is 18.7 Å². The highest BCUT2D eigenvalue weighted by molar-refractivity contribution is 5.90. The summed E-state index contributed by atoms with van der Waals surface area (Å²) in [5, 5.41) is 9.18. The van der Waals surface area contributed by atoms with Gasteiger partial charge < -0.3 is 14.4 Å². The quantitative estimate of drug-likeness (QED) is 0.730. The number of carbonyl (C=O) groups is 1. The number of aromatic nitrogens is 2. The van der Waals surface area contributed by atoms with Gasteiger partial charge in [-0.3, -0.25) is 0 Å². The normalized spacial score (nSPS) is 15.2. The SMILES string of the molecule is CN(c1nc2oc(C(=O)O)cc2nc1-c1ccc(F)cc1)C1CCCCC1. The molecule has 3 aromatic rings. The van der Waals surface area contributed by atoms with Crippen molar-refractivity contribution in [3.8, 4) is 11.3 Å². The summed E-state index contributed by atoms with van der Waals surface area (Å²) in [5.74, 6) is -1.08. The zero-order valence-electron chi connectivity index (χ0n) is 15.0. The highest BCUT2D eigenvalue weighted by Crippen LogP contribution is 2.34. The van der Waals surface area contributed by atoms with E-state index in [4.69, 9.17) is 4.42 Å². The van der Waals surface area contributed by atoms with Crippen molar-refractivity contribution >= 4 is 23.0 Å². The van der Waals surface area contributed by atoms with Gasteiger partial charge in [0.05, 0.1) is 0 Å². The molecule has 7 heteroatoms. The fourth-order valence-electron chi connectivity index (χ4n) is 3.65. The minimum atomic E-state index is -1.17. The molecule has 2 aromatic heterocycles. The molecule has 0 amide bonds. The average Bonchev–Trinajstić information content (AvgIpc) is 3.11. The molecular weight excluding hydrogens is 349 g/mol. The molecule has 0 unspecified atom stereocenters. The predicted octanol–water partition coefficient (Wildman–Crippen LogP) is 4.50. The smallest absolute Gasteiger partial charge is 0.371 e. The first-order chi connectivity index (χ1) is 13.0. The number of halogens is 1. The number of benzene rings is 1. The number of aromatic carboxylic acids is 1. The lowest BCUT2D eigenvalue weighted by atomic mass is 9.94. The number of fused-ring (bicyclic) bond motifs is 1. The molecule has 0 saturated heterocycles. The number of carboxylic acid groups (broad SMARTS) is 1. The van der Waals surface area contributed by atoms with E-state index >= 15 is 0 Å². The molecule has 4 rings (SSSR count). The summed E-state index contributed by atoms with van der Waals surface area (Å²) in [6.07, 6.45) is 5.70. The van der Waals surface area contributed by atoms with Crippen molar-refractivity contribution in [1.29, 1.82) is 0 Å². The van der Waals surface area contributed by atoms with Crippen LogP contribution < -0.4 is 4.90 Å². The summed E-state index contributed by atoms with van der Waals surface area (Å²) in [6, 6.07) is 7.76. The van der Waals surface area contributed by atoms with E-state index in [1.807, 2.05) is 7.05 Å². The Hall–Kier alpha value is -2.96. The van der Waals surface area contributed by atoms with E-state index in [-0.39, 0.29) is 17.3 Å². The molecule has 1 aliphatic carbocycles. The molecule has 1 N–H and O–H groups in total. The van der Waals surface area contributed by atoms with Crippen molar-refractivity contribution in [1.82, 2.24) is 9.97 Å². The van der Waals surface area contributed by atoms with Crippen molar-refractivity contribution in [3.05, 3.63) is 41.9 Å². The number of hydrogen-bond donors (Lipinski definition) is 1. The Morgan fingerprint density at radius 2 is 1.89 bits per heavy atom. The zero-order valence-corrected chi connectivity index (χ0v) is 15.0. The van der Waals surface area contributed by atoms with Gasteiger partial charge in [-0.25, -0.2) is 14.2 Å². The lowest BCUT2D eigenvalue weighted by Gasteiger charge is -2.32. The van der Waals surface area contributed by atoms with Gasteiger partial charge in [0.2, 0.25) is 11.5 Å². The van der Waals surface area contributed by atoms with Crippen LogP contribution in [0.1, 0.15) is 42.7 Å². The van der Waals surface area contributed by atoms with Crippen molar-refractivity contribution in [3.63, 3.8) is 0 Å². The largest absolute Gasteiger partial charge is 0.475 e. The molecule has 1 fully saturated rings. The Labute approximate surface area is 155 Å². The fraction of sp³-hybridized carbons (Fsp3) is 0.350. The Morgan fingerprint density at radius 1 is 1.19 bits per heavy atom. The number of carboxylic acids is 1. The number of nitrogens with zero attached hydrogens (tertiary/aromatic N) is 3. The summed E-state index contributed by atoms with van der Waals surface area (Å²) in [6.45, 7) is 0. The van der Waals surface area contributed by atoms with Crippen LogP contribution in [0.5, 0.6) is 0 Å². The molecule has 6 nitrogen and oxygen atoms in total. The highest BCUT2D eigenvalue weighted by atomic mass is 19.1. The Kier molecular flexibility index (Phi) is 4.51. The van der Waals surface area contributed by atoms with Crippen LogP contribution in [0.15, 0.2) is 34.7 Å². The summed E-state index contributed by atoms with van der Waals surface area (Å²) < 4.78 is 18.7. The molecule has 1 saturated carbocycles. The van der Waals surface area contributed by atoms with Crippen molar-refractivity contribution in [2.45, 2.75) is 38.1 Å². The molecule has 0 radical (unpaired) electrons. The third kappa shape index (κ3) is 3.37. The van der Waals surface area contributed by atoms with Crippen molar-refractivity contribution in [2.24, 2.45) is 0 Å². The monoisotopic (exact) mass is 369 g/mol. The van der Waals surface area contributed by atoms with Gasteiger partial charge in [0, 0.05) is 24.7 Å². The van der Waals surface area contributed by atoms with Gasteiger partial charge in [0.25, 0.3) is 0 Å². The van der Waals surface area contributed by atoms with E-state index in [1.54, 1.807) is 12.1 Å². The molecule has 27 heavy (non-hydrogen) atoms. The van der Waals surface area contributed by atoms with Crippen LogP contribution in [0, 0.1) is 5.82 Å². The Bertz CT molecular complexity index is 978. The van der Waals surface area contributed by atoms with Crippen LogP contribution >= 0.6 is 0 Å². The number of furan rings is 1. The maximum Gasteiger partial charge on any atom is 0.371 e. The predicted molar refractivity (Wildman–Crippen MR) is 99.4 cm³/mol. The first kappa shape index (κ1) is 17.5. The van der Waals surface area contributed by atoms with Gasteiger partial charge in [-0.1, -0.05) is 19.3 Å². The van der Waals surface area contributed by atoms with E-state index in [2.05, 4.69) is 14.9 Å². The van der Waals surface area contributed by atoms with Gasteiger partial charge >= 0.3 is 5.97 Å². The van der Waals surface area contributed by atoms with E-state index < -0.39 is 5.97 Å². The molecule has 0 bridgehead atoms. The molecule has 2 heterocycles. The topological polar surface area (TPSA) is 79.5 Å². The Morgan fingerprint density at radius 3 is 2.56 bits per heavy atom. The van der Waals surface area contributed by atoms with Crippen LogP contribution in [0.3, 0.4) is 0 Å². The maximum atomic E-state index is 13.4. The molecule has 1 aliphatic rings. The first-order valence-electron chi connectivity index (χ1n) is 9.06. The second kappa shape index (κ2) is 6.98. The highest BCUT2D eigenvalue weighted by Gasteiger charge is 2.25. The van der Waals surface area contributed by atoms with Gasteiger partial charge in [-0.05, 0) is 37.1 Å². The van der Waals surface area contributed by atoms with Crippen LogP contribution in [0.4, 0.5) is 10.2 Å². The van der Waals surface area contributed by atoms with Crippen molar-refractivity contribution in [2.75, 3.05) is 11.9 Å². The van der Waals surface area contributed by atoms with Crippen LogP contribution in [-0.4, -0.2) is 34.1 Å². The molecule has 0 spiro atoms. The lowest BCUT2D eigenvalue weighted by Crippen LogP contribution is -2.34. The van der Waals surface area contributed by atoms with Gasteiger partial charge in [-0.2, -0.15) is 4.98 Å². The lowest BCUT2D eigenvalue weighted by molar-refractivity contribution is 0.0664. The molecule has 140 valence electrons. The van der Waals surface area contributed by atoms with E-state index in [0.717, 1.165) is 18.4 Å². The second-order valence-electron chi connectivity index (χ2n) is 6.91. The van der Waals surface area contributed by atoms with Crippen LogP contribution in [0.2, 0.25) is 0 Å². The van der Waals surface area contributed by atoms with Gasteiger partial charge in [-0.15, -0.1) is 0 Å². The van der Waals surface area contributed by atoms with Crippen LogP contribution in [0.25, 0.3) is 22.5 Å². The second-order valence-corrected chi connectivity index (χ2v) is 6.91. The molecule has 1 aromatic carbocycles.